The van der Waals surface area contributed by atoms with E-state index in [0.717, 1.165) is 5.56 Å². The number of aliphatic hydroxyl groups is 1. The molecule has 0 spiro atoms. The summed E-state index contributed by atoms with van der Waals surface area (Å²) in [6.45, 7) is 6.72. The second-order valence-corrected chi connectivity index (χ2v) is 10.3. The molecule has 1 saturated heterocycles. The summed E-state index contributed by atoms with van der Waals surface area (Å²) in [7, 11) is 0. The van der Waals surface area contributed by atoms with Gasteiger partial charge in [-0.3, -0.25) is 19.2 Å². The number of aliphatic hydroxyl groups excluding tert-OH is 1. The quantitative estimate of drug-likeness (QED) is 0.340. The van der Waals surface area contributed by atoms with Crippen LogP contribution < -0.4 is 16.0 Å². The maximum absolute atomic E-state index is 13.6. The molecule has 0 radical (unpaired) electrons. The van der Waals surface area contributed by atoms with Gasteiger partial charge in [0.2, 0.25) is 5.91 Å². The number of hydrogen-bond acceptors (Lipinski definition) is 8. The Hall–Kier alpha value is -3.99. The molecule has 11 nitrogen and oxygen atoms in total. The van der Waals surface area contributed by atoms with E-state index in [9.17, 15) is 29.4 Å². The molecule has 0 aliphatic carbocycles. The van der Waals surface area contributed by atoms with E-state index in [2.05, 4.69) is 20.9 Å². The van der Waals surface area contributed by atoms with Crippen LogP contribution in [-0.2, 0) is 25.5 Å². The molecule has 6 atom stereocenters. The normalized spacial score (nSPS) is 26.5. The zero-order chi connectivity index (χ0) is 28.7. The molecule has 3 amide bonds. The molecule has 39 heavy (non-hydrogen) atoms. The number of carbonyl (C=O) groups excluding carboxylic acids is 4. The largest absolute Gasteiger partial charge is 0.505 e. The summed E-state index contributed by atoms with van der Waals surface area (Å²) >= 11 is 0. The Bertz CT molecular complexity index is 1170. The summed E-state index contributed by atoms with van der Waals surface area (Å²) in [5.41, 5.74) is 0.503. The van der Waals surface area contributed by atoms with Crippen LogP contribution in [0.25, 0.3) is 0 Å². The topological polar surface area (TPSA) is 167 Å². The van der Waals surface area contributed by atoms with Gasteiger partial charge in [-0.1, -0.05) is 44.2 Å². The number of benzene rings is 1. The first-order chi connectivity index (χ1) is 18.5. The summed E-state index contributed by atoms with van der Waals surface area (Å²) in [4.78, 5) is 56.6. The van der Waals surface area contributed by atoms with Gasteiger partial charge in [-0.15, -0.1) is 0 Å². The monoisotopic (exact) mass is 540 g/mol. The molecule has 2 heterocycles. The van der Waals surface area contributed by atoms with Crippen molar-refractivity contribution in [1.29, 1.82) is 0 Å². The zero-order valence-corrected chi connectivity index (χ0v) is 22.5. The van der Waals surface area contributed by atoms with Gasteiger partial charge in [0, 0.05) is 6.20 Å². The van der Waals surface area contributed by atoms with Crippen molar-refractivity contribution in [3.63, 3.8) is 0 Å². The van der Waals surface area contributed by atoms with Crippen molar-refractivity contribution in [3.8, 4) is 5.75 Å². The smallest absolute Gasteiger partial charge is 0.312 e. The van der Waals surface area contributed by atoms with Gasteiger partial charge in [0.15, 0.2) is 11.8 Å². The molecule has 5 N–H and O–H groups in total. The third-order valence-electron chi connectivity index (χ3n) is 6.60. The van der Waals surface area contributed by atoms with Gasteiger partial charge in [-0.25, -0.2) is 4.98 Å². The van der Waals surface area contributed by atoms with E-state index in [4.69, 9.17) is 4.74 Å². The van der Waals surface area contributed by atoms with Gasteiger partial charge in [0.1, 0.15) is 11.8 Å². The van der Waals surface area contributed by atoms with Crippen LogP contribution in [-0.4, -0.2) is 69.2 Å². The molecule has 0 bridgehead atoms. The molecule has 1 aliphatic rings. The SMILES string of the molecule is CC(C)CC1OC(=O)C(C)C(O)C(Cc2ccccc2)NC(=O)C(NC(=O)c2ncccc2O)C(C)NC1=O. The van der Waals surface area contributed by atoms with Crippen LogP contribution in [0, 0.1) is 11.8 Å². The van der Waals surface area contributed by atoms with Crippen LogP contribution in [0.15, 0.2) is 48.7 Å². The van der Waals surface area contributed by atoms with Gasteiger partial charge in [-0.05, 0) is 50.3 Å². The fraction of sp³-hybridized carbons (Fsp3) is 0.464. The van der Waals surface area contributed by atoms with E-state index in [1.807, 2.05) is 44.2 Å². The summed E-state index contributed by atoms with van der Waals surface area (Å²) in [6.07, 6.45) is -0.815. The number of aromatic nitrogens is 1. The molecule has 1 aromatic heterocycles. The number of nitrogens with one attached hydrogen (secondary N) is 3. The van der Waals surface area contributed by atoms with E-state index in [1.165, 1.54) is 32.2 Å². The first-order valence-corrected chi connectivity index (χ1v) is 13.0. The number of ether oxygens (including phenoxy) is 1. The fourth-order valence-electron chi connectivity index (χ4n) is 4.37. The van der Waals surface area contributed by atoms with E-state index >= 15 is 0 Å². The van der Waals surface area contributed by atoms with E-state index in [-0.39, 0.29) is 30.2 Å². The third kappa shape index (κ3) is 7.76. The molecule has 2 aromatic rings. The molecule has 11 heteroatoms. The predicted molar refractivity (Wildman–Crippen MR) is 141 cm³/mol. The average Bonchev–Trinajstić information content (AvgIpc) is 2.89. The molecule has 1 aliphatic heterocycles. The average molecular weight is 541 g/mol. The van der Waals surface area contributed by atoms with Crippen LogP contribution >= 0.6 is 0 Å². The highest BCUT2D eigenvalue weighted by Crippen LogP contribution is 2.19. The molecule has 1 fully saturated rings. The van der Waals surface area contributed by atoms with Gasteiger partial charge in [-0.2, -0.15) is 0 Å². The van der Waals surface area contributed by atoms with Gasteiger partial charge >= 0.3 is 5.97 Å². The van der Waals surface area contributed by atoms with Gasteiger partial charge in [0.05, 0.1) is 24.1 Å². The summed E-state index contributed by atoms with van der Waals surface area (Å²) in [5.74, 6) is -4.39. The van der Waals surface area contributed by atoms with Crippen molar-refractivity contribution in [2.75, 3.05) is 0 Å². The van der Waals surface area contributed by atoms with Crippen LogP contribution in [0.5, 0.6) is 5.75 Å². The number of nitrogens with zero attached hydrogens (tertiary/aromatic N) is 1. The summed E-state index contributed by atoms with van der Waals surface area (Å²) < 4.78 is 5.55. The Morgan fingerprint density at radius 1 is 1.05 bits per heavy atom. The number of cyclic esters (lactones) is 1. The van der Waals surface area contributed by atoms with Gasteiger partial charge in [0.25, 0.3) is 11.8 Å². The first kappa shape index (κ1) is 29.6. The molecule has 0 saturated carbocycles. The predicted octanol–water partition coefficient (Wildman–Crippen LogP) is 1.09. The van der Waals surface area contributed by atoms with Gasteiger partial charge < -0.3 is 30.9 Å². The van der Waals surface area contributed by atoms with E-state index in [0.29, 0.717) is 0 Å². The van der Waals surface area contributed by atoms with Crippen molar-refractivity contribution >= 4 is 23.7 Å². The Morgan fingerprint density at radius 2 is 1.74 bits per heavy atom. The van der Waals surface area contributed by atoms with Crippen molar-refractivity contribution in [2.45, 2.75) is 70.9 Å². The second kappa shape index (κ2) is 13.2. The Labute approximate surface area is 227 Å². The fourth-order valence-corrected chi connectivity index (χ4v) is 4.37. The minimum absolute atomic E-state index is 0.00579. The Balaban J connectivity index is 1.99. The Kier molecular flexibility index (Phi) is 10.00. The maximum atomic E-state index is 13.6. The summed E-state index contributed by atoms with van der Waals surface area (Å²) in [6, 6.07) is 8.61. The molecule has 1 aromatic carbocycles. The highest BCUT2D eigenvalue weighted by molar-refractivity contribution is 5.98. The lowest BCUT2D eigenvalue weighted by molar-refractivity contribution is -0.164. The Morgan fingerprint density at radius 3 is 2.38 bits per heavy atom. The number of pyridine rings is 1. The molecule has 3 rings (SSSR count). The van der Waals surface area contributed by atoms with Crippen molar-refractivity contribution < 1.29 is 34.1 Å². The minimum atomic E-state index is -1.37. The number of hydrogen-bond donors (Lipinski definition) is 5. The lowest BCUT2D eigenvalue weighted by atomic mass is 9.92. The molecule has 6 unspecified atom stereocenters. The van der Waals surface area contributed by atoms with Crippen LogP contribution in [0.3, 0.4) is 0 Å². The van der Waals surface area contributed by atoms with E-state index < -0.39 is 59.9 Å². The molecular weight excluding hydrogens is 504 g/mol. The lowest BCUT2D eigenvalue weighted by Gasteiger charge is -2.33. The maximum Gasteiger partial charge on any atom is 0.312 e. The van der Waals surface area contributed by atoms with Crippen LogP contribution in [0.4, 0.5) is 0 Å². The lowest BCUT2D eigenvalue weighted by Crippen LogP contribution is -2.62. The number of aromatic hydroxyl groups is 1. The van der Waals surface area contributed by atoms with Crippen LogP contribution in [0.1, 0.15) is 50.2 Å². The first-order valence-electron chi connectivity index (χ1n) is 13.0. The third-order valence-corrected chi connectivity index (χ3v) is 6.60. The second-order valence-electron chi connectivity index (χ2n) is 10.3. The standard InChI is InChI=1S/C28H36N4O7/c1-15(2)13-21-25(35)30-17(4)22(32-27(37)23-20(33)11-8-12-29-23)26(36)31-19(14-18-9-6-5-7-10-18)24(34)16(3)28(38)39-21/h5-12,15-17,19,21-22,24,33-34H,13-14H2,1-4H3,(H,30,35)(H,31,36)(H,32,37). The summed E-state index contributed by atoms with van der Waals surface area (Å²) in [5, 5.41) is 29.3. The molecule has 210 valence electrons. The number of carbonyl (C=O) groups is 4. The number of amides is 3. The van der Waals surface area contributed by atoms with Crippen molar-refractivity contribution in [2.24, 2.45) is 11.8 Å². The van der Waals surface area contributed by atoms with Crippen molar-refractivity contribution in [3.05, 3.63) is 59.9 Å². The minimum Gasteiger partial charge on any atom is -0.505 e. The van der Waals surface area contributed by atoms with Crippen molar-refractivity contribution in [1.82, 2.24) is 20.9 Å². The number of esters is 1. The van der Waals surface area contributed by atoms with E-state index in [1.54, 1.807) is 0 Å². The number of rotatable bonds is 6. The molecular formula is C28H36N4O7. The zero-order valence-electron chi connectivity index (χ0n) is 22.5. The van der Waals surface area contributed by atoms with Crippen LogP contribution in [0.2, 0.25) is 0 Å². The highest BCUT2D eigenvalue weighted by Gasteiger charge is 2.39. The highest BCUT2D eigenvalue weighted by atomic mass is 16.5.